The molecule has 9 nitrogen and oxygen atoms in total. The molecule has 10 heteroatoms. The summed E-state index contributed by atoms with van der Waals surface area (Å²) in [6, 6.07) is 15.6. The lowest BCUT2D eigenvalue weighted by atomic mass is 10.0. The molecule has 0 aliphatic rings. The Morgan fingerprint density at radius 2 is 1.68 bits per heavy atom. The fourth-order valence-corrected chi connectivity index (χ4v) is 4.92. The van der Waals surface area contributed by atoms with E-state index in [2.05, 4.69) is 10.3 Å². The van der Waals surface area contributed by atoms with Crippen molar-refractivity contribution in [1.82, 2.24) is 33.6 Å². The van der Waals surface area contributed by atoms with Crippen molar-refractivity contribution in [3.63, 3.8) is 0 Å². The smallest absolute Gasteiger partial charge is 0.328 e. The van der Waals surface area contributed by atoms with Crippen LogP contribution in [0.4, 0.5) is 4.39 Å². The average molecular weight is 510 g/mol. The van der Waals surface area contributed by atoms with Gasteiger partial charge in [0.15, 0.2) is 5.82 Å². The summed E-state index contributed by atoms with van der Waals surface area (Å²) in [5, 5.41) is 2.57. The Hall–Kier alpha value is -4.99. The summed E-state index contributed by atoms with van der Waals surface area (Å²) >= 11 is 0. The number of aryl methyl sites for hydroxylation is 3. The van der Waals surface area contributed by atoms with Crippen LogP contribution in [0.5, 0.6) is 0 Å². The monoisotopic (exact) mass is 509 g/mol. The third kappa shape index (κ3) is 3.45. The Morgan fingerprint density at radius 1 is 0.921 bits per heavy atom. The number of halogens is 1. The van der Waals surface area contributed by atoms with Gasteiger partial charge in [0.1, 0.15) is 11.5 Å². The summed E-state index contributed by atoms with van der Waals surface area (Å²) in [5.74, 6) is -0.0726. The third-order valence-corrected chi connectivity index (χ3v) is 6.98. The second-order valence-corrected chi connectivity index (χ2v) is 9.21. The third-order valence-electron chi connectivity index (χ3n) is 6.98. The van der Waals surface area contributed by atoms with Gasteiger partial charge in [-0.25, -0.2) is 19.2 Å². The van der Waals surface area contributed by atoms with Crippen molar-refractivity contribution in [3.05, 3.63) is 89.0 Å². The summed E-state index contributed by atoms with van der Waals surface area (Å²) in [4.78, 5) is 33.9. The van der Waals surface area contributed by atoms with Crippen molar-refractivity contribution in [3.8, 4) is 28.3 Å². The zero-order valence-corrected chi connectivity index (χ0v) is 21.2. The lowest BCUT2D eigenvalue weighted by Gasteiger charge is -2.11. The van der Waals surface area contributed by atoms with E-state index in [9.17, 15) is 14.0 Å². The van der Waals surface area contributed by atoms with Crippen LogP contribution in [0.1, 0.15) is 10.4 Å². The number of fused-ring (bicyclic) bond motifs is 2. The summed E-state index contributed by atoms with van der Waals surface area (Å²) in [7, 11) is 6.92. The fourth-order valence-electron chi connectivity index (χ4n) is 4.92. The van der Waals surface area contributed by atoms with Crippen molar-refractivity contribution in [2.45, 2.75) is 0 Å². The Labute approximate surface area is 216 Å². The van der Waals surface area contributed by atoms with E-state index in [0.717, 1.165) is 27.9 Å². The molecule has 0 aliphatic carbocycles. The first-order valence-corrected chi connectivity index (χ1v) is 12.0. The fraction of sp³-hybridized carbons (Fsp3) is 0.143. The molecule has 0 saturated carbocycles. The van der Waals surface area contributed by atoms with E-state index in [-0.39, 0.29) is 11.6 Å². The van der Waals surface area contributed by atoms with E-state index in [1.165, 1.54) is 25.2 Å². The van der Waals surface area contributed by atoms with E-state index in [0.29, 0.717) is 28.0 Å². The van der Waals surface area contributed by atoms with E-state index in [4.69, 9.17) is 4.98 Å². The molecule has 0 bridgehead atoms. The van der Waals surface area contributed by atoms with Crippen LogP contribution >= 0.6 is 0 Å². The standard InChI is InChI=1S/C28H24FN7O2/c1-30-27(37)17-5-8-20(29)19(11-17)16-6-9-22-21(12-16)32-26(25-14-31-15-33(25)2)36(22)18-7-10-23-24(13-18)35(4)28(38)34(23)3/h5-15H,1-4H3,(H,30,37). The predicted octanol–water partition coefficient (Wildman–Crippen LogP) is 3.78. The maximum Gasteiger partial charge on any atom is 0.328 e. The van der Waals surface area contributed by atoms with Gasteiger partial charge in [0, 0.05) is 45.0 Å². The molecule has 0 radical (unpaired) electrons. The molecular weight excluding hydrogens is 485 g/mol. The van der Waals surface area contributed by atoms with Gasteiger partial charge in [-0.1, -0.05) is 6.07 Å². The second kappa shape index (κ2) is 8.55. The number of nitrogens with zero attached hydrogens (tertiary/aromatic N) is 6. The molecule has 190 valence electrons. The van der Waals surface area contributed by atoms with E-state index >= 15 is 0 Å². The highest BCUT2D eigenvalue weighted by Gasteiger charge is 2.20. The van der Waals surface area contributed by atoms with Gasteiger partial charge < -0.3 is 9.88 Å². The van der Waals surface area contributed by atoms with Gasteiger partial charge in [-0.2, -0.15) is 0 Å². The Kier molecular flexibility index (Phi) is 5.27. The molecule has 3 aromatic carbocycles. The van der Waals surface area contributed by atoms with Gasteiger partial charge in [-0.15, -0.1) is 0 Å². The van der Waals surface area contributed by atoms with Gasteiger partial charge in [-0.3, -0.25) is 18.5 Å². The first kappa shape index (κ1) is 23.4. The number of carbonyl (C=O) groups is 1. The molecule has 0 aliphatic heterocycles. The van der Waals surface area contributed by atoms with E-state index in [1.807, 2.05) is 52.6 Å². The molecule has 38 heavy (non-hydrogen) atoms. The zero-order valence-electron chi connectivity index (χ0n) is 21.2. The van der Waals surface area contributed by atoms with E-state index < -0.39 is 5.82 Å². The van der Waals surface area contributed by atoms with Crippen LogP contribution in [-0.4, -0.2) is 41.2 Å². The van der Waals surface area contributed by atoms with Gasteiger partial charge in [-0.05, 0) is 54.1 Å². The molecule has 0 unspecified atom stereocenters. The van der Waals surface area contributed by atoms with E-state index in [1.54, 1.807) is 35.8 Å². The average Bonchev–Trinajstić information content (AvgIpc) is 3.58. The highest BCUT2D eigenvalue weighted by molar-refractivity contribution is 5.96. The van der Waals surface area contributed by atoms with Crippen LogP contribution in [0, 0.1) is 5.82 Å². The van der Waals surface area contributed by atoms with Crippen LogP contribution < -0.4 is 11.0 Å². The quantitative estimate of drug-likeness (QED) is 0.392. The number of hydrogen-bond acceptors (Lipinski definition) is 4. The number of rotatable bonds is 4. The Morgan fingerprint density at radius 3 is 2.42 bits per heavy atom. The highest BCUT2D eigenvalue weighted by atomic mass is 19.1. The van der Waals surface area contributed by atoms with Gasteiger partial charge in [0.05, 0.1) is 34.6 Å². The minimum Gasteiger partial charge on any atom is -0.355 e. The molecule has 0 fully saturated rings. The first-order valence-electron chi connectivity index (χ1n) is 12.0. The minimum absolute atomic E-state index is 0.106. The molecule has 0 spiro atoms. The number of hydrogen-bond donors (Lipinski definition) is 1. The molecule has 3 heterocycles. The number of carbonyl (C=O) groups excluding carboxylic acids is 1. The summed E-state index contributed by atoms with van der Waals surface area (Å²) < 4.78 is 22.0. The van der Waals surface area contributed by atoms with Crippen LogP contribution in [-0.2, 0) is 21.1 Å². The highest BCUT2D eigenvalue weighted by Crippen LogP contribution is 2.33. The van der Waals surface area contributed by atoms with Gasteiger partial charge in [0.25, 0.3) is 5.91 Å². The lowest BCUT2D eigenvalue weighted by Crippen LogP contribution is -2.19. The summed E-state index contributed by atoms with van der Waals surface area (Å²) in [6.07, 6.45) is 3.44. The largest absolute Gasteiger partial charge is 0.355 e. The van der Waals surface area contributed by atoms with Gasteiger partial charge >= 0.3 is 5.69 Å². The number of imidazole rings is 3. The van der Waals surface area contributed by atoms with Crippen LogP contribution in [0.15, 0.2) is 71.9 Å². The Bertz CT molecular complexity index is 1960. The maximum absolute atomic E-state index is 14.9. The van der Waals surface area contributed by atoms with Crippen LogP contribution in [0.25, 0.3) is 50.4 Å². The second-order valence-electron chi connectivity index (χ2n) is 9.21. The van der Waals surface area contributed by atoms with Crippen LogP contribution in [0.3, 0.4) is 0 Å². The van der Waals surface area contributed by atoms with Crippen molar-refractivity contribution >= 4 is 28.0 Å². The Balaban J connectivity index is 1.60. The first-order chi connectivity index (χ1) is 18.3. The summed E-state index contributed by atoms with van der Waals surface area (Å²) in [6.45, 7) is 0. The predicted molar refractivity (Wildman–Crippen MR) is 144 cm³/mol. The van der Waals surface area contributed by atoms with Crippen molar-refractivity contribution in [1.29, 1.82) is 0 Å². The topological polar surface area (TPSA) is 91.7 Å². The molecule has 1 amide bonds. The minimum atomic E-state index is -0.432. The molecular formula is C28H24FN7O2. The number of benzene rings is 3. The summed E-state index contributed by atoms with van der Waals surface area (Å²) in [5.41, 5.74) is 5.83. The molecule has 1 N–H and O–H groups in total. The molecule has 3 aromatic heterocycles. The van der Waals surface area contributed by atoms with Crippen molar-refractivity contribution in [2.75, 3.05) is 7.05 Å². The van der Waals surface area contributed by atoms with Crippen molar-refractivity contribution < 1.29 is 9.18 Å². The number of nitrogens with one attached hydrogen (secondary N) is 1. The SMILES string of the molecule is CNC(=O)c1ccc(F)c(-c2ccc3c(c2)nc(-c2cncn2C)n3-c2ccc3c(c2)n(C)c(=O)n3C)c1. The molecule has 6 aromatic rings. The van der Waals surface area contributed by atoms with Crippen molar-refractivity contribution in [2.24, 2.45) is 21.1 Å². The zero-order chi connectivity index (χ0) is 26.7. The lowest BCUT2D eigenvalue weighted by molar-refractivity contribution is 0.0963. The number of amides is 1. The molecule has 0 saturated heterocycles. The maximum atomic E-state index is 14.9. The molecule has 6 rings (SSSR count). The number of aromatic nitrogens is 6. The van der Waals surface area contributed by atoms with Crippen LogP contribution in [0.2, 0.25) is 0 Å². The molecule has 0 atom stereocenters. The van der Waals surface area contributed by atoms with Gasteiger partial charge in [0.2, 0.25) is 0 Å². The normalized spacial score (nSPS) is 11.5.